The summed E-state index contributed by atoms with van der Waals surface area (Å²) in [5.41, 5.74) is 8.06. The topological polar surface area (TPSA) is 38.9 Å². The van der Waals surface area contributed by atoms with Gasteiger partial charge in [-0.25, -0.2) is 13.8 Å². The number of rotatable bonds is 3. The number of hydrogen-bond donors (Lipinski definition) is 1. The monoisotopic (exact) mass is 308 g/mol. The SMILES string of the molecule is Nc1ccc2nc(SCc3ccc(F)c(F)c3)sc2c1. The third kappa shape index (κ3) is 2.76. The van der Waals surface area contributed by atoms with Gasteiger partial charge in [-0.2, -0.15) is 0 Å². The molecule has 0 atom stereocenters. The Labute approximate surface area is 122 Å². The molecule has 2 aromatic carbocycles. The average molecular weight is 308 g/mol. The van der Waals surface area contributed by atoms with Crippen molar-refractivity contribution in [2.24, 2.45) is 0 Å². The van der Waals surface area contributed by atoms with Crippen molar-refractivity contribution in [3.8, 4) is 0 Å². The molecule has 2 nitrogen and oxygen atoms in total. The standard InChI is InChI=1S/C14H10F2N2S2/c15-10-3-1-8(5-11(10)16)7-19-14-18-12-4-2-9(17)6-13(12)20-14/h1-6H,7,17H2. The van der Waals surface area contributed by atoms with E-state index in [9.17, 15) is 8.78 Å². The van der Waals surface area contributed by atoms with Crippen molar-refractivity contribution in [2.45, 2.75) is 10.1 Å². The highest BCUT2D eigenvalue weighted by Crippen LogP contribution is 2.32. The molecule has 20 heavy (non-hydrogen) atoms. The van der Waals surface area contributed by atoms with Gasteiger partial charge in [0.25, 0.3) is 0 Å². The highest BCUT2D eigenvalue weighted by atomic mass is 32.2. The van der Waals surface area contributed by atoms with Gasteiger partial charge in [-0.3, -0.25) is 0 Å². The Morgan fingerprint density at radius 1 is 1.10 bits per heavy atom. The number of aromatic nitrogens is 1. The quantitative estimate of drug-likeness (QED) is 0.574. The van der Waals surface area contributed by atoms with Crippen LogP contribution in [0.15, 0.2) is 40.7 Å². The van der Waals surface area contributed by atoms with E-state index < -0.39 is 11.6 Å². The summed E-state index contributed by atoms with van der Waals surface area (Å²) in [6, 6.07) is 9.51. The van der Waals surface area contributed by atoms with E-state index in [4.69, 9.17) is 5.73 Å². The van der Waals surface area contributed by atoms with Crippen LogP contribution in [0.4, 0.5) is 14.5 Å². The Balaban J connectivity index is 1.77. The van der Waals surface area contributed by atoms with Crippen LogP contribution < -0.4 is 5.73 Å². The van der Waals surface area contributed by atoms with Gasteiger partial charge in [0, 0.05) is 11.4 Å². The predicted octanol–water partition coefficient (Wildman–Crippen LogP) is 4.45. The van der Waals surface area contributed by atoms with E-state index in [1.165, 1.54) is 17.8 Å². The summed E-state index contributed by atoms with van der Waals surface area (Å²) < 4.78 is 27.9. The van der Waals surface area contributed by atoms with E-state index in [0.29, 0.717) is 11.4 Å². The van der Waals surface area contributed by atoms with Crippen molar-refractivity contribution in [1.29, 1.82) is 0 Å². The Morgan fingerprint density at radius 3 is 2.75 bits per heavy atom. The van der Waals surface area contributed by atoms with Crippen LogP contribution in [0.1, 0.15) is 5.56 Å². The lowest BCUT2D eigenvalue weighted by molar-refractivity contribution is 0.507. The fourth-order valence-electron chi connectivity index (χ4n) is 1.76. The number of hydrogen-bond acceptors (Lipinski definition) is 4. The zero-order valence-electron chi connectivity index (χ0n) is 10.3. The van der Waals surface area contributed by atoms with E-state index in [1.54, 1.807) is 17.4 Å². The first-order valence-electron chi connectivity index (χ1n) is 5.84. The van der Waals surface area contributed by atoms with Crippen molar-refractivity contribution >= 4 is 39.0 Å². The van der Waals surface area contributed by atoms with Crippen molar-refractivity contribution in [3.63, 3.8) is 0 Å². The molecule has 0 fully saturated rings. The fraction of sp³-hybridized carbons (Fsp3) is 0.0714. The first kappa shape index (κ1) is 13.3. The molecule has 0 saturated carbocycles. The molecule has 0 spiro atoms. The second kappa shape index (κ2) is 5.38. The molecular formula is C14H10F2N2S2. The third-order valence-corrected chi connectivity index (χ3v) is 4.97. The summed E-state index contributed by atoms with van der Waals surface area (Å²) in [4.78, 5) is 4.47. The number of nitrogen functional groups attached to an aromatic ring is 1. The lowest BCUT2D eigenvalue weighted by atomic mass is 10.2. The van der Waals surface area contributed by atoms with Crippen molar-refractivity contribution in [1.82, 2.24) is 4.98 Å². The van der Waals surface area contributed by atoms with E-state index >= 15 is 0 Å². The van der Waals surface area contributed by atoms with Crippen molar-refractivity contribution in [2.75, 3.05) is 5.73 Å². The van der Waals surface area contributed by atoms with Crippen molar-refractivity contribution in [3.05, 3.63) is 53.6 Å². The zero-order valence-corrected chi connectivity index (χ0v) is 11.9. The zero-order chi connectivity index (χ0) is 14.1. The number of nitrogens with two attached hydrogens (primary N) is 1. The lowest BCUT2D eigenvalue weighted by Gasteiger charge is -1.99. The molecule has 3 aromatic rings. The number of anilines is 1. The highest BCUT2D eigenvalue weighted by Gasteiger charge is 2.07. The van der Waals surface area contributed by atoms with Crippen LogP contribution in [-0.2, 0) is 5.75 Å². The molecule has 3 rings (SSSR count). The number of fused-ring (bicyclic) bond motifs is 1. The predicted molar refractivity (Wildman–Crippen MR) is 80.0 cm³/mol. The van der Waals surface area contributed by atoms with Gasteiger partial charge in [-0.15, -0.1) is 11.3 Å². The highest BCUT2D eigenvalue weighted by molar-refractivity contribution is 8.00. The number of halogens is 2. The molecule has 0 bridgehead atoms. The summed E-state index contributed by atoms with van der Waals surface area (Å²) in [6.07, 6.45) is 0. The van der Waals surface area contributed by atoms with Crippen LogP contribution in [-0.4, -0.2) is 4.98 Å². The summed E-state index contributed by atoms with van der Waals surface area (Å²) in [6.45, 7) is 0. The fourth-order valence-corrected chi connectivity index (χ4v) is 3.82. The lowest BCUT2D eigenvalue weighted by Crippen LogP contribution is -1.87. The summed E-state index contributed by atoms with van der Waals surface area (Å²) in [7, 11) is 0. The maximum atomic E-state index is 13.1. The minimum absolute atomic E-state index is 0.548. The largest absolute Gasteiger partial charge is 0.399 e. The smallest absolute Gasteiger partial charge is 0.159 e. The van der Waals surface area contributed by atoms with Crippen LogP contribution in [0.3, 0.4) is 0 Å². The number of thiazole rings is 1. The van der Waals surface area contributed by atoms with E-state index in [2.05, 4.69) is 4.98 Å². The van der Waals surface area contributed by atoms with Crippen LogP contribution in [0, 0.1) is 11.6 Å². The van der Waals surface area contributed by atoms with Gasteiger partial charge in [0.1, 0.15) is 0 Å². The molecule has 6 heteroatoms. The van der Waals surface area contributed by atoms with Crippen LogP contribution in [0.2, 0.25) is 0 Å². The van der Waals surface area contributed by atoms with E-state index in [1.807, 2.05) is 18.2 Å². The van der Waals surface area contributed by atoms with Crippen LogP contribution >= 0.6 is 23.1 Å². The Morgan fingerprint density at radius 2 is 1.95 bits per heavy atom. The van der Waals surface area contributed by atoms with E-state index in [0.717, 1.165) is 26.2 Å². The number of thioether (sulfide) groups is 1. The van der Waals surface area contributed by atoms with Gasteiger partial charge in [0.15, 0.2) is 16.0 Å². The summed E-state index contributed by atoms with van der Waals surface area (Å²) in [5.74, 6) is -1.10. The maximum absolute atomic E-state index is 13.1. The molecule has 102 valence electrons. The first-order valence-corrected chi connectivity index (χ1v) is 7.65. The van der Waals surface area contributed by atoms with E-state index in [-0.39, 0.29) is 0 Å². The Hall–Kier alpha value is -1.66. The molecular weight excluding hydrogens is 298 g/mol. The second-order valence-corrected chi connectivity index (χ2v) is 6.50. The van der Waals surface area contributed by atoms with Gasteiger partial charge in [0.05, 0.1) is 10.2 Å². The molecule has 0 unspecified atom stereocenters. The van der Waals surface area contributed by atoms with Gasteiger partial charge in [0.2, 0.25) is 0 Å². The van der Waals surface area contributed by atoms with Gasteiger partial charge < -0.3 is 5.73 Å². The molecule has 0 aliphatic heterocycles. The third-order valence-electron chi connectivity index (χ3n) is 2.74. The molecule has 0 radical (unpaired) electrons. The Bertz CT molecular complexity index is 771. The average Bonchev–Trinajstić information content (AvgIpc) is 2.82. The Kier molecular flexibility index (Phi) is 3.58. The molecule has 0 aliphatic carbocycles. The number of nitrogens with zero attached hydrogens (tertiary/aromatic N) is 1. The van der Waals surface area contributed by atoms with Crippen LogP contribution in [0.5, 0.6) is 0 Å². The summed E-state index contributed by atoms with van der Waals surface area (Å²) in [5, 5.41) is 0. The molecule has 0 amide bonds. The molecule has 0 aliphatic rings. The van der Waals surface area contributed by atoms with Crippen LogP contribution in [0.25, 0.3) is 10.2 Å². The molecule has 0 saturated heterocycles. The van der Waals surface area contributed by atoms with Gasteiger partial charge in [-0.05, 0) is 35.9 Å². The van der Waals surface area contributed by atoms with Gasteiger partial charge in [-0.1, -0.05) is 17.8 Å². The maximum Gasteiger partial charge on any atom is 0.159 e. The first-order chi connectivity index (χ1) is 9.61. The summed E-state index contributed by atoms with van der Waals surface area (Å²) >= 11 is 3.04. The normalized spacial score (nSPS) is 11.1. The minimum atomic E-state index is -0.825. The van der Waals surface area contributed by atoms with Gasteiger partial charge >= 0.3 is 0 Å². The van der Waals surface area contributed by atoms with Crippen molar-refractivity contribution < 1.29 is 8.78 Å². The molecule has 2 N–H and O–H groups in total. The minimum Gasteiger partial charge on any atom is -0.399 e. The molecule has 1 heterocycles. The number of benzene rings is 2. The second-order valence-electron chi connectivity index (χ2n) is 4.24. The molecule has 1 aromatic heterocycles.